The zero-order valence-electron chi connectivity index (χ0n) is 19.9. The Balaban J connectivity index is 1.42. The molecule has 1 atom stereocenters. The van der Waals surface area contributed by atoms with Gasteiger partial charge in [-0.05, 0) is 0 Å². The van der Waals surface area contributed by atoms with E-state index < -0.39 is 35.6 Å². The van der Waals surface area contributed by atoms with Crippen LogP contribution in [0.15, 0.2) is 51.9 Å². The molecular weight excluding hydrogens is 592 g/mol. The maximum absolute atomic E-state index is 14.4. The van der Waals surface area contributed by atoms with E-state index in [1.807, 2.05) is 0 Å². The van der Waals surface area contributed by atoms with Crippen LogP contribution in [0.1, 0.15) is 17.0 Å². The average molecular weight is 607 g/mol. The number of anilines is 1. The van der Waals surface area contributed by atoms with Crippen LogP contribution in [0.4, 0.5) is 41.2 Å². The van der Waals surface area contributed by atoms with Gasteiger partial charge in [-0.3, -0.25) is 0 Å². The normalized spacial score (nSPS) is 17.4. The third-order valence-corrected chi connectivity index (χ3v) is 7.81. The molecule has 3 aromatic rings. The van der Waals surface area contributed by atoms with Crippen LogP contribution in [0, 0.1) is 0 Å². The fraction of sp³-hybridized carbons (Fsp3) is 0.261. The number of carbonyl (C=O) groups excluding carboxylic acids is 1. The van der Waals surface area contributed by atoms with Crippen molar-refractivity contribution in [3.05, 3.63) is 59.5 Å². The molecule has 3 heterocycles. The first kappa shape index (κ1) is 28.3. The number of rotatable bonds is 6. The summed E-state index contributed by atoms with van der Waals surface area (Å²) in [6, 6.07) is 10.4. The molecule has 17 heteroatoms. The van der Waals surface area contributed by atoms with Gasteiger partial charge in [0.05, 0.1) is 0 Å². The fourth-order valence-corrected chi connectivity index (χ4v) is 5.49. The van der Waals surface area contributed by atoms with Gasteiger partial charge < -0.3 is 4.52 Å². The number of alkyl halides is 7. The molecule has 1 aromatic heterocycles. The van der Waals surface area contributed by atoms with Gasteiger partial charge in [0, 0.05) is 0 Å². The van der Waals surface area contributed by atoms with Crippen LogP contribution in [0.25, 0.3) is 11.4 Å². The number of nitrogens with zero attached hydrogens (tertiary/aromatic N) is 3. The molecule has 0 aliphatic carbocycles. The van der Waals surface area contributed by atoms with Gasteiger partial charge in [-0.25, -0.2) is 0 Å². The molecule has 2 aromatic carbocycles. The van der Waals surface area contributed by atoms with Crippen molar-refractivity contribution in [3.8, 4) is 11.4 Å². The first-order valence-corrected chi connectivity index (χ1v) is 13.0. The molecular formula is C23H15F7N4O4PS+. The zero-order chi connectivity index (χ0) is 28.9. The number of hydrogen-bond acceptors (Lipinski definition) is 7. The number of thioether (sulfide) groups is 1. The number of ether oxygens (including phenoxy) is 2. The molecule has 0 bridgehead atoms. The molecule has 2 aliphatic heterocycles. The zero-order valence-corrected chi connectivity index (χ0v) is 21.6. The van der Waals surface area contributed by atoms with E-state index >= 15 is 0 Å². The van der Waals surface area contributed by atoms with Crippen LogP contribution in [-0.2, 0) is 22.2 Å². The number of halogens is 7. The Morgan fingerprint density at radius 1 is 1.07 bits per heavy atom. The van der Waals surface area contributed by atoms with E-state index in [0.29, 0.717) is 28.8 Å². The van der Waals surface area contributed by atoms with Crippen molar-refractivity contribution < 1.29 is 49.5 Å². The fourth-order valence-electron chi connectivity index (χ4n) is 3.69. The molecule has 2 amide bonds. The summed E-state index contributed by atoms with van der Waals surface area (Å²) in [6.07, 6.45) is -10.1. The van der Waals surface area contributed by atoms with Crippen LogP contribution in [-0.4, -0.2) is 52.1 Å². The number of benzene rings is 2. The number of nitrogens with one attached hydrogen (secondary N) is 1. The molecule has 0 spiro atoms. The Morgan fingerprint density at radius 2 is 1.75 bits per heavy atom. The van der Waals surface area contributed by atoms with Crippen molar-refractivity contribution in [1.29, 1.82) is 0 Å². The van der Waals surface area contributed by atoms with Crippen molar-refractivity contribution in [3.63, 3.8) is 0 Å². The summed E-state index contributed by atoms with van der Waals surface area (Å²) in [5.41, 5.74) is 0.681. The molecule has 0 radical (unpaired) electrons. The molecule has 1 unspecified atom stereocenters. The Morgan fingerprint density at radius 3 is 2.35 bits per heavy atom. The van der Waals surface area contributed by atoms with Crippen LogP contribution in [0.5, 0.6) is 0 Å². The van der Waals surface area contributed by atoms with E-state index in [1.54, 1.807) is 30.3 Å². The first-order chi connectivity index (χ1) is 18.8. The second kappa shape index (κ2) is 10.3. The summed E-state index contributed by atoms with van der Waals surface area (Å²) in [5.74, 6) is -5.56. The van der Waals surface area contributed by atoms with E-state index in [2.05, 4.69) is 24.7 Å². The Bertz CT molecular complexity index is 1540. The summed E-state index contributed by atoms with van der Waals surface area (Å²) in [7, 11) is 0.418. The molecule has 8 nitrogen and oxygen atoms in total. The van der Waals surface area contributed by atoms with Crippen LogP contribution >= 0.6 is 19.6 Å². The molecule has 0 saturated heterocycles. The Hall–Kier alpha value is -3.20. The summed E-state index contributed by atoms with van der Waals surface area (Å²) < 4.78 is 105. The SMILES string of the molecule is COC(F)(C1=[P+]=C(c2ccc3c(c2)N(Cc2ccc(-c4noc(C(F)(F)F)n4)cc2)C(=O)NCS3)O1)C(F)(F)F. The van der Waals surface area contributed by atoms with Gasteiger partial charge in [0.2, 0.25) is 0 Å². The van der Waals surface area contributed by atoms with Gasteiger partial charge in [-0.2, -0.15) is 13.2 Å². The summed E-state index contributed by atoms with van der Waals surface area (Å²) in [4.78, 5) is 18.3. The maximum atomic E-state index is 14.4. The number of methoxy groups -OCH3 is 1. The predicted molar refractivity (Wildman–Crippen MR) is 131 cm³/mol. The topological polar surface area (TPSA) is 89.7 Å². The second-order valence-corrected chi connectivity index (χ2v) is 10.3. The Kier molecular flexibility index (Phi) is 7.31. The van der Waals surface area contributed by atoms with Gasteiger partial charge >= 0.3 is 208 Å². The average Bonchev–Trinajstić information content (AvgIpc) is 3.32. The van der Waals surface area contributed by atoms with Crippen LogP contribution in [0.2, 0.25) is 0 Å². The summed E-state index contributed by atoms with van der Waals surface area (Å²) >= 11 is 1.31. The van der Waals surface area contributed by atoms with Crippen molar-refractivity contribution in [2.75, 3.05) is 17.9 Å². The summed E-state index contributed by atoms with van der Waals surface area (Å²) in [6.45, 7) is 0.0276. The molecule has 0 saturated carbocycles. The van der Waals surface area contributed by atoms with Crippen molar-refractivity contribution in [2.24, 2.45) is 0 Å². The molecule has 40 heavy (non-hydrogen) atoms. The minimum absolute atomic E-state index is 0.0276. The predicted octanol–water partition coefficient (Wildman–Crippen LogP) is 5.99. The van der Waals surface area contributed by atoms with Gasteiger partial charge in [0.15, 0.2) is 0 Å². The van der Waals surface area contributed by atoms with Gasteiger partial charge in [0.25, 0.3) is 0 Å². The van der Waals surface area contributed by atoms with Gasteiger partial charge in [-0.15, -0.1) is 0 Å². The van der Waals surface area contributed by atoms with Crippen LogP contribution < -0.4 is 10.2 Å². The number of carbonyl (C=O) groups is 1. The van der Waals surface area contributed by atoms with Crippen LogP contribution in [0.3, 0.4) is 0 Å². The van der Waals surface area contributed by atoms with Crippen molar-refractivity contribution in [2.45, 2.75) is 29.6 Å². The third-order valence-electron chi connectivity index (χ3n) is 5.73. The van der Waals surface area contributed by atoms with E-state index in [4.69, 9.17) is 4.74 Å². The first-order valence-electron chi connectivity index (χ1n) is 11.1. The van der Waals surface area contributed by atoms with Crippen molar-refractivity contribution >= 4 is 42.3 Å². The Labute approximate surface area is 225 Å². The molecule has 0 fully saturated rings. The van der Waals surface area contributed by atoms with Crippen molar-refractivity contribution in [1.82, 2.24) is 15.5 Å². The molecule has 1 N–H and O–H groups in total. The monoisotopic (exact) mass is 607 g/mol. The van der Waals surface area contributed by atoms with E-state index in [9.17, 15) is 35.5 Å². The summed E-state index contributed by atoms with van der Waals surface area (Å²) in [5, 5.41) is 6.06. The molecule has 2 aliphatic rings. The second-order valence-electron chi connectivity index (χ2n) is 8.28. The molecule has 210 valence electrons. The van der Waals surface area contributed by atoms with E-state index in [-0.39, 0.29) is 37.1 Å². The van der Waals surface area contributed by atoms with E-state index in [0.717, 1.165) is 0 Å². The number of aromatic nitrogens is 2. The standard InChI is InChI=1S/C23H14F7N4O4PS/c1-36-21(24,23(28,29)30)19-37-17(39-19)13-6-7-15-14(8-13)34(20(35)31-10-40-15)9-11-2-4-12(5-3-11)16-32-18(38-33-16)22(25,26)27/h2-8H,9-10H2,1H3/p+1. The number of fused-ring (bicyclic) bond motifs is 1. The number of amides is 2. The minimum atomic E-state index is -5.34. The third kappa shape index (κ3) is 5.28. The molecule has 5 rings (SSSR count). The van der Waals surface area contributed by atoms with E-state index in [1.165, 1.54) is 28.8 Å². The number of hydrogen-bond donors (Lipinski definition) is 1. The quantitative estimate of drug-likeness (QED) is 0.272. The van der Waals surface area contributed by atoms with Gasteiger partial charge in [-0.1, -0.05) is 0 Å². The number of urea groups is 1. The van der Waals surface area contributed by atoms with Gasteiger partial charge in [0.1, 0.15) is 0 Å².